The van der Waals surface area contributed by atoms with Crippen molar-refractivity contribution in [2.24, 2.45) is 0 Å². The minimum Gasteiger partial charge on any atom is -0.493 e. The zero-order chi connectivity index (χ0) is 21.0. The Hall–Kier alpha value is -4.18. The number of hydrogen-bond donors (Lipinski definition) is 3. The number of carboxylic acids is 1. The number of pyridine rings is 1. The first-order valence-electron chi connectivity index (χ1n) is 7.80. The first-order valence-corrected chi connectivity index (χ1v) is 7.80. The summed E-state index contributed by atoms with van der Waals surface area (Å²) in [5.74, 6) is -1.23. The summed E-state index contributed by atoms with van der Waals surface area (Å²) >= 11 is 0. The molecule has 0 aliphatic heterocycles. The predicted molar refractivity (Wildman–Crippen MR) is 97.2 cm³/mol. The van der Waals surface area contributed by atoms with Crippen LogP contribution in [0.15, 0.2) is 16.9 Å². The molecular weight excluding hydrogens is 368 g/mol. The molecule has 1 heterocycles. The van der Waals surface area contributed by atoms with Crippen molar-refractivity contribution < 1.29 is 24.1 Å². The van der Waals surface area contributed by atoms with E-state index >= 15 is 0 Å². The minimum absolute atomic E-state index is 0.000632. The van der Waals surface area contributed by atoms with Crippen LogP contribution in [0.2, 0.25) is 0 Å². The van der Waals surface area contributed by atoms with Crippen LogP contribution in [0.1, 0.15) is 18.1 Å². The lowest BCUT2D eigenvalue weighted by molar-refractivity contribution is -0.144. The van der Waals surface area contributed by atoms with Gasteiger partial charge in [0.05, 0.1) is 14.2 Å². The van der Waals surface area contributed by atoms with Crippen LogP contribution in [0.25, 0.3) is 11.1 Å². The van der Waals surface area contributed by atoms with Crippen molar-refractivity contribution >= 4 is 11.8 Å². The number of hydrogen-bond acceptors (Lipinski definition) is 8. The van der Waals surface area contributed by atoms with E-state index < -0.39 is 17.6 Å². The van der Waals surface area contributed by atoms with Crippen LogP contribution in [-0.2, 0) is 4.79 Å². The van der Waals surface area contributed by atoms with Gasteiger partial charge < -0.3 is 30.0 Å². The highest BCUT2D eigenvalue weighted by Gasteiger charge is 2.24. The van der Waals surface area contributed by atoms with Crippen LogP contribution >= 0.6 is 0 Å². The summed E-state index contributed by atoms with van der Waals surface area (Å²) in [5.41, 5.74) is 4.78. The molecule has 28 heavy (non-hydrogen) atoms. The van der Waals surface area contributed by atoms with Gasteiger partial charge in [-0.1, -0.05) is 0 Å². The standard InChI is InChI=1S/C18H16N4O6/c1-8(18(24)25)28-15-12(26-2)4-9(5-13(15)27-3)14-10(6-19)16(21)22-17(23)11(14)7-20/h4-5,8H,1-3H3,(H,24,25)(H3,21,22,23). The second-order valence-corrected chi connectivity index (χ2v) is 5.52. The Morgan fingerprint density at radius 3 is 2.14 bits per heavy atom. The molecule has 0 saturated heterocycles. The van der Waals surface area contributed by atoms with Crippen molar-refractivity contribution in [3.05, 3.63) is 33.6 Å². The second-order valence-electron chi connectivity index (χ2n) is 5.52. The number of nitriles is 2. The fraction of sp³-hybridized carbons (Fsp3) is 0.222. The molecule has 144 valence electrons. The number of anilines is 1. The maximum atomic E-state index is 12.1. The van der Waals surface area contributed by atoms with Crippen LogP contribution in [-0.4, -0.2) is 36.4 Å². The third kappa shape index (κ3) is 3.52. The van der Waals surface area contributed by atoms with Crippen molar-refractivity contribution in [3.63, 3.8) is 0 Å². The quantitative estimate of drug-likeness (QED) is 0.662. The van der Waals surface area contributed by atoms with E-state index in [1.807, 2.05) is 6.07 Å². The molecule has 1 atom stereocenters. The number of nitrogens with zero attached hydrogens (tertiary/aromatic N) is 2. The van der Waals surface area contributed by atoms with Gasteiger partial charge in [-0.3, -0.25) is 4.79 Å². The summed E-state index contributed by atoms with van der Waals surface area (Å²) in [6, 6.07) is 6.41. The number of rotatable bonds is 6. The van der Waals surface area contributed by atoms with Gasteiger partial charge in [0.1, 0.15) is 29.1 Å². The molecule has 10 heteroatoms. The van der Waals surface area contributed by atoms with E-state index in [0.717, 1.165) is 0 Å². The lowest BCUT2D eigenvalue weighted by Gasteiger charge is -2.19. The van der Waals surface area contributed by atoms with Gasteiger partial charge in [0, 0.05) is 5.56 Å². The van der Waals surface area contributed by atoms with Crippen LogP contribution in [0.5, 0.6) is 17.2 Å². The van der Waals surface area contributed by atoms with Gasteiger partial charge in [-0.25, -0.2) is 4.79 Å². The zero-order valence-corrected chi connectivity index (χ0v) is 15.2. The lowest BCUT2D eigenvalue weighted by Crippen LogP contribution is -2.23. The molecule has 1 aromatic carbocycles. The van der Waals surface area contributed by atoms with Gasteiger partial charge in [0.15, 0.2) is 17.6 Å². The molecule has 4 N–H and O–H groups in total. The fourth-order valence-electron chi connectivity index (χ4n) is 2.50. The number of aromatic amines is 1. The van der Waals surface area contributed by atoms with Gasteiger partial charge in [-0.2, -0.15) is 10.5 Å². The molecule has 0 spiro atoms. The Morgan fingerprint density at radius 2 is 1.71 bits per heavy atom. The fourth-order valence-corrected chi connectivity index (χ4v) is 2.50. The minimum atomic E-state index is -1.20. The Bertz CT molecular complexity index is 1050. The van der Waals surface area contributed by atoms with Crippen molar-refractivity contribution in [2.45, 2.75) is 13.0 Å². The number of methoxy groups -OCH3 is 2. The molecule has 0 bridgehead atoms. The average molecular weight is 384 g/mol. The summed E-state index contributed by atoms with van der Waals surface area (Å²) in [4.78, 5) is 25.5. The Morgan fingerprint density at radius 1 is 1.18 bits per heavy atom. The molecule has 2 rings (SSSR count). The highest BCUT2D eigenvalue weighted by Crippen LogP contribution is 2.43. The monoisotopic (exact) mass is 384 g/mol. The summed E-state index contributed by atoms with van der Waals surface area (Å²) in [5, 5.41) is 27.9. The van der Waals surface area contributed by atoms with E-state index in [2.05, 4.69) is 4.98 Å². The van der Waals surface area contributed by atoms with Gasteiger partial charge in [0.25, 0.3) is 5.56 Å². The molecule has 0 fully saturated rings. The maximum absolute atomic E-state index is 12.1. The van der Waals surface area contributed by atoms with E-state index in [0.29, 0.717) is 0 Å². The van der Waals surface area contributed by atoms with Gasteiger partial charge >= 0.3 is 5.97 Å². The molecule has 1 unspecified atom stereocenters. The number of benzene rings is 1. The first-order chi connectivity index (χ1) is 13.3. The molecule has 0 aliphatic carbocycles. The number of aliphatic carboxylic acids is 1. The highest BCUT2D eigenvalue weighted by molar-refractivity contribution is 5.83. The number of nitrogens with one attached hydrogen (secondary N) is 1. The molecule has 0 amide bonds. The lowest BCUT2D eigenvalue weighted by atomic mass is 9.96. The summed E-state index contributed by atoms with van der Waals surface area (Å²) < 4.78 is 15.9. The van der Waals surface area contributed by atoms with Crippen LogP contribution < -0.4 is 25.5 Å². The first kappa shape index (κ1) is 20.1. The topological polar surface area (TPSA) is 171 Å². The number of aromatic nitrogens is 1. The van der Waals surface area contributed by atoms with E-state index in [1.54, 1.807) is 6.07 Å². The third-order valence-electron chi connectivity index (χ3n) is 3.86. The number of nitrogen functional groups attached to an aromatic ring is 1. The van der Waals surface area contributed by atoms with Gasteiger partial charge in [0.2, 0.25) is 5.75 Å². The number of carbonyl (C=O) groups is 1. The SMILES string of the molecule is COc1cc(-c2c(C#N)c(N)[nH]c(=O)c2C#N)cc(OC)c1OC(C)C(=O)O. The molecule has 10 nitrogen and oxygen atoms in total. The number of carboxylic acid groups (broad SMARTS) is 1. The molecule has 0 aliphatic rings. The number of H-pyrrole nitrogens is 1. The summed E-state index contributed by atoms with van der Waals surface area (Å²) in [6.45, 7) is 1.33. The number of ether oxygens (including phenoxy) is 3. The second kappa shape index (κ2) is 8.01. The smallest absolute Gasteiger partial charge is 0.344 e. The van der Waals surface area contributed by atoms with E-state index in [9.17, 15) is 20.1 Å². The largest absolute Gasteiger partial charge is 0.493 e. The van der Waals surface area contributed by atoms with E-state index in [-0.39, 0.29) is 45.3 Å². The molecule has 0 radical (unpaired) electrons. The van der Waals surface area contributed by atoms with E-state index in [1.165, 1.54) is 33.3 Å². The van der Waals surface area contributed by atoms with Crippen molar-refractivity contribution in [2.75, 3.05) is 20.0 Å². The summed E-state index contributed by atoms with van der Waals surface area (Å²) in [7, 11) is 2.64. The maximum Gasteiger partial charge on any atom is 0.344 e. The summed E-state index contributed by atoms with van der Waals surface area (Å²) in [6.07, 6.45) is -1.20. The molecule has 1 aromatic heterocycles. The van der Waals surface area contributed by atoms with E-state index in [4.69, 9.17) is 25.1 Å². The van der Waals surface area contributed by atoms with Crippen molar-refractivity contribution in [1.29, 1.82) is 10.5 Å². The Balaban J connectivity index is 2.84. The zero-order valence-electron chi connectivity index (χ0n) is 15.2. The van der Waals surface area contributed by atoms with Crippen molar-refractivity contribution in [3.8, 4) is 40.5 Å². The average Bonchev–Trinajstić information content (AvgIpc) is 2.67. The van der Waals surface area contributed by atoms with Gasteiger partial charge in [-0.15, -0.1) is 0 Å². The Kier molecular flexibility index (Phi) is 5.76. The van der Waals surface area contributed by atoms with Crippen molar-refractivity contribution in [1.82, 2.24) is 4.98 Å². The van der Waals surface area contributed by atoms with Crippen LogP contribution in [0.4, 0.5) is 5.82 Å². The number of nitrogens with two attached hydrogens (primary N) is 1. The third-order valence-corrected chi connectivity index (χ3v) is 3.86. The van der Waals surface area contributed by atoms with Gasteiger partial charge in [-0.05, 0) is 24.6 Å². The molecule has 0 saturated carbocycles. The normalized spacial score (nSPS) is 11.0. The Labute approximate surface area is 159 Å². The van der Waals surface area contributed by atoms with Crippen LogP contribution in [0.3, 0.4) is 0 Å². The highest BCUT2D eigenvalue weighted by atomic mass is 16.6. The predicted octanol–water partition coefficient (Wildman–Crippen LogP) is 1.24. The molecule has 2 aromatic rings. The molecular formula is C18H16N4O6. The van der Waals surface area contributed by atoms with Crippen LogP contribution in [0, 0.1) is 22.7 Å².